The smallest absolute Gasteiger partial charge is 0.123 e. The molecule has 0 aromatic heterocycles. The lowest BCUT2D eigenvalue weighted by atomic mass is 10.1. The van der Waals surface area contributed by atoms with Crippen LogP contribution in [-0.2, 0) is 13.0 Å². The van der Waals surface area contributed by atoms with Gasteiger partial charge in [-0.05, 0) is 37.6 Å². The molecule has 3 heteroatoms. The Morgan fingerprint density at radius 2 is 1.62 bits per heavy atom. The van der Waals surface area contributed by atoms with Crippen molar-refractivity contribution in [1.82, 2.24) is 5.32 Å². The molecule has 2 rings (SSSR count). The van der Waals surface area contributed by atoms with E-state index >= 15 is 0 Å². The molecular weight excluding hydrogens is 262 g/mol. The van der Waals surface area contributed by atoms with Crippen molar-refractivity contribution < 1.29 is 9.47 Å². The van der Waals surface area contributed by atoms with E-state index in [1.807, 2.05) is 24.3 Å². The van der Waals surface area contributed by atoms with E-state index in [4.69, 9.17) is 9.47 Å². The molecule has 0 saturated carbocycles. The lowest BCUT2D eigenvalue weighted by Crippen LogP contribution is -2.17. The zero-order valence-electron chi connectivity index (χ0n) is 13.0. The number of benzene rings is 2. The van der Waals surface area contributed by atoms with E-state index in [2.05, 4.69) is 30.4 Å². The molecule has 0 heterocycles. The van der Waals surface area contributed by atoms with Gasteiger partial charge in [-0.2, -0.15) is 0 Å². The summed E-state index contributed by atoms with van der Waals surface area (Å²) in [5.41, 5.74) is 3.67. The van der Waals surface area contributed by atoms with E-state index in [1.165, 1.54) is 16.7 Å². The molecule has 0 unspecified atom stereocenters. The average Bonchev–Trinajstić information content (AvgIpc) is 2.52. The van der Waals surface area contributed by atoms with Crippen molar-refractivity contribution in [3.8, 4) is 11.5 Å². The molecule has 0 radical (unpaired) electrons. The summed E-state index contributed by atoms with van der Waals surface area (Å²) in [5.74, 6) is 1.89. The molecular formula is C18H23NO2. The van der Waals surface area contributed by atoms with Crippen molar-refractivity contribution in [2.24, 2.45) is 0 Å². The summed E-state index contributed by atoms with van der Waals surface area (Å²) in [6.07, 6.45) is 0.943. The van der Waals surface area contributed by atoms with Gasteiger partial charge in [0, 0.05) is 12.1 Å². The number of methoxy groups -OCH3 is 2. The molecule has 2 aromatic rings. The Hall–Kier alpha value is -2.00. The Labute approximate surface area is 126 Å². The second kappa shape index (κ2) is 7.70. The first-order valence-corrected chi connectivity index (χ1v) is 7.20. The van der Waals surface area contributed by atoms with Crippen LogP contribution in [0.1, 0.15) is 16.7 Å². The van der Waals surface area contributed by atoms with Crippen LogP contribution in [0.4, 0.5) is 0 Å². The molecule has 0 spiro atoms. The summed E-state index contributed by atoms with van der Waals surface area (Å²) in [7, 11) is 3.42. The zero-order valence-corrected chi connectivity index (χ0v) is 13.0. The molecule has 1 N–H and O–H groups in total. The van der Waals surface area contributed by atoms with Gasteiger partial charge in [0.25, 0.3) is 0 Å². The zero-order chi connectivity index (χ0) is 15.1. The van der Waals surface area contributed by atoms with E-state index in [-0.39, 0.29) is 0 Å². The van der Waals surface area contributed by atoms with Gasteiger partial charge >= 0.3 is 0 Å². The van der Waals surface area contributed by atoms with E-state index < -0.39 is 0 Å². The van der Waals surface area contributed by atoms with Crippen molar-refractivity contribution in [3.63, 3.8) is 0 Å². The maximum Gasteiger partial charge on any atom is 0.123 e. The van der Waals surface area contributed by atoms with E-state index in [9.17, 15) is 0 Å². The van der Waals surface area contributed by atoms with E-state index in [0.717, 1.165) is 31.0 Å². The van der Waals surface area contributed by atoms with Crippen molar-refractivity contribution >= 4 is 0 Å². The summed E-state index contributed by atoms with van der Waals surface area (Å²) >= 11 is 0. The molecule has 0 aliphatic carbocycles. The van der Waals surface area contributed by atoms with Crippen LogP contribution < -0.4 is 14.8 Å². The van der Waals surface area contributed by atoms with Crippen LogP contribution in [0.15, 0.2) is 42.5 Å². The summed E-state index contributed by atoms with van der Waals surface area (Å²) in [5, 5.41) is 3.47. The normalized spacial score (nSPS) is 10.4. The highest BCUT2D eigenvalue weighted by atomic mass is 16.5. The second-order valence-corrected chi connectivity index (χ2v) is 5.05. The molecule has 2 aromatic carbocycles. The van der Waals surface area contributed by atoms with Gasteiger partial charge in [0.15, 0.2) is 0 Å². The third-order valence-corrected chi connectivity index (χ3v) is 3.51. The second-order valence-electron chi connectivity index (χ2n) is 5.05. The van der Waals surface area contributed by atoms with Gasteiger partial charge < -0.3 is 14.8 Å². The highest BCUT2D eigenvalue weighted by Gasteiger charge is 2.04. The first-order chi connectivity index (χ1) is 10.2. The fourth-order valence-electron chi connectivity index (χ4n) is 2.40. The molecule has 0 saturated heterocycles. The Morgan fingerprint density at radius 1 is 0.905 bits per heavy atom. The van der Waals surface area contributed by atoms with Gasteiger partial charge in [-0.1, -0.05) is 35.9 Å². The predicted octanol–water partition coefficient (Wildman–Crippen LogP) is 3.34. The van der Waals surface area contributed by atoms with E-state index in [1.54, 1.807) is 14.2 Å². The number of ether oxygens (including phenoxy) is 2. The molecule has 0 bridgehead atoms. The standard InChI is InChI=1S/C18H23NO2/c1-14-8-9-18(21-3)16(12-14)13-19-11-10-15-6-4-5-7-17(15)20-2/h4-9,12,19H,10-11,13H2,1-3H3. The molecule has 0 aliphatic rings. The van der Waals surface area contributed by atoms with E-state index in [0.29, 0.717) is 0 Å². The van der Waals surface area contributed by atoms with Crippen molar-refractivity contribution in [2.75, 3.05) is 20.8 Å². The predicted molar refractivity (Wildman–Crippen MR) is 86.1 cm³/mol. The monoisotopic (exact) mass is 285 g/mol. The first kappa shape index (κ1) is 15.4. The lowest BCUT2D eigenvalue weighted by Gasteiger charge is -2.12. The van der Waals surface area contributed by atoms with Gasteiger partial charge in [-0.25, -0.2) is 0 Å². The minimum atomic E-state index is 0.806. The average molecular weight is 285 g/mol. The van der Waals surface area contributed by atoms with Crippen LogP contribution >= 0.6 is 0 Å². The number of nitrogens with one attached hydrogen (secondary N) is 1. The SMILES string of the molecule is COc1ccccc1CCNCc1cc(C)ccc1OC. The fraction of sp³-hybridized carbons (Fsp3) is 0.333. The molecule has 3 nitrogen and oxygen atoms in total. The molecule has 0 aliphatic heterocycles. The maximum absolute atomic E-state index is 5.39. The first-order valence-electron chi connectivity index (χ1n) is 7.20. The minimum absolute atomic E-state index is 0.806. The lowest BCUT2D eigenvalue weighted by molar-refractivity contribution is 0.406. The third-order valence-electron chi connectivity index (χ3n) is 3.51. The van der Waals surface area contributed by atoms with Crippen molar-refractivity contribution in [1.29, 1.82) is 0 Å². The Balaban J connectivity index is 1.89. The molecule has 0 fully saturated rings. The number of aryl methyl sites for hydroxylation is 1. The Kier molecular flexibility index (Phi) is 5.64. The Morgan fingerprint density at radius 3 is 2.38 bits per heavy atom. The van der Waals surface area contributed by atoms with Crippen LogP contribution in [0.3, 0.4) is 0 Å². The minimum Gasteiger partial charge on any atom is -0.496 e. The topological polar surface area (TPSA) is 30.5 Å². The highest BCUT2D eigenvalue weighted by molar-refractivity contribution is 5.37. The van der Waals surface area contributed by atoms with Crippen LogP contribution in [0, 0.1) is 6.92 Å². The van der Waals surface area contributed by atoms with Crippen LogP contribution in [-0.4, -0.2) is 20.8 Å². The number of hydrogen-bond donors (Lipinski definition) is 1. The molecule has 0 amide bonds. The van der Waals surface area contributed by atoms with Crippen LogP contribution in [0.5, 0.6) is 11.5 Å². The summed E-state index contributed by atoms with van der Waals surface area (Å²) in [4.78, 5) is 0. The van der Waals surface area contributed by atoms with Crippen LogP contribution in [0.2, 0.25) is 0 Å². The van der Waals surface area contributed by atoms with Crippen molar-refractivity contribution in [2.45, 2.75) is 19.9 Å². The summed E-state index contributed by atoms with van der Waals surface area (Å²) < 4.78 is 10.8. The quantitative estimate of drug-likeness (QED) is 0.791. The number of hydrogen-bond acceptors (Lipinski definition) is 3. The fourth-order valence-corrected chi connectivity index (χ4v) is 2.40. The molecule has 112 valence electrons. The Bertz CT molecular complexity index is 581. The maximum atomic E-state index is 5.39. The van der Waals surface area contributed by atoms with Gasteiger partial charge in [0.1, 0.15) is 11.5 Å². The van der Waals surface area contributed by atoms with Gasteiger partial charge in [-0.3, -0.25) is 0 Å². The van der Waals surface area contributed by atoms with Crippen LogP contribution in [0.25, 0.3) is 0 Å². The number of rotatable bonds is 7. The largest absolute Gasteiger partial charge is 0.496 e. The molecule has 0 atom stereocenters. The van der Waals surface area contributed by atoms with Gasteiger partial charge in [0.05, 0.1) is 14.2 Å². The summed E-state index contributed by atoms with van der Waals surface area (Å²) in [6, 6.07) is 14.4. The van der Waals surface area contributed by atoms with Gasteiger partial charge in [0.2, 0.25) is 0 Å². The highest BCUT2D eigenvalue weighted by Crippen LogP contribution is 2.20. The molecule has 21 heavy (non-hydrogen) atoms. The summed E-state index contributed by atoms with van der Waals surface area (Å²) in [6.45, 7) is 3.80. The van der Waals surface area contributed by atoms with Crippen molar-refractivity contribution in [3.05, 3.63) is 59.2 Å². The van der Waals surface area contributed by atoms with Gasteiger partial charge in [-0.15, -0.1) is 0 Å². The number of para-hydroxylation sites is 1. The third kappa shape index (κ3) is 4.23.